The number of anilines is 1. The van der Waals surface area contributed by atoms with Crippen molar-refractivity contribution in [1.29, 1.82) is 5.26 Å². The van der Waals surface area contributed by atoms with E-state index >= 15 is 0 Å². The fraction of sp³-hybridized carbons (Fsp3) is 0.100. The predicted octanol–water partition coefficient (Wildman–Crippen LogP) is 6.79. The van der Waals surface area contributed by atoms with Crippen molar-refractivity contribution in [3.05, 3.63) is 101 Å². The first-order chi connectivity index (χ1) is 20.0. The van der Waals surface area contributed by atoms with Crippen LogP contribution in [0, 0.1) is 17.9 Å². The average Bonchev–Trinajstić information content (AvgIpc) is 3.44. The molecule has 0 bridgehead atoms. The fourth-order valence-corrected chi connectivity index (χ4v) is 5.11. The minimum atomic E-state index is -0.149. The molecule has 0 aliphatic heterocycles. The summed E-state index contributed by atoms with van der Waals surface area (Å²) in [5.74, 6) is 1.64. The number of rotatable bonds is 9. The summed E-state index contributed by atoms with van der Waals surface area (Å²) in [6.45, 7) is 7.64. The predicted molar refractivity (Wildman–Crippen MR) is 157 cm³/mol. The number of aromatic nitrogens is 3. The lowest BCUT2D eigenvalue weighted by Crippen LogP contribution is -2.03. The summed E-state index contributed by atoms with van der Waals surface area (Å²) in [6.07, 6.45) is 1.50. The lowest BCUT2D eigenvalue weighted by molar-refractivity contribution is 0.196. The van der Waals surface area contributed by atoms with Crippen molar-refractivity contribution in [2.75, 3.05) is 18.9 Å². The fourth-order valence-electron chi connectivity index (χ4n) is 4.06. The SMILES string of the molecule is [C-]#[N+]c1c(N)nc(SCc2nc(-c3ccc(Cl)cc3)oc2-c2ccccc2)c(C#N)c1-c1ccc(OCCO)nc1. The third-order valence-electron chi connectivity index (χ3n) is 5.93. The number of benzene rings is 2. The molecule has 0 amide bonds. The number of halogens is 1. The number of hydrogen-bond acceptors (Lipinski definition) is 9. The number of aliphatic hydroxyl groups is 1. The van der Waals surface area contributed by atoms with Gasteiger partial charge in [0.1, 0.15) is 23.5 Å². The second-order valence-corrected chi connectivity index (χ2v) is 9.94. The van der Waals surface area contributed by atoms with E-state index in [9.17, 15) is 5.26 Å². The van der Waals surface area contributed by atoms with Crippen LogP contribution >= 0.6 is 23.4 Å². The smallest absolute Gasteiger partial charge is 0.237 e. The number of nitriles is 1. The summed E-state index contributed by atoms with van der Waals surface area (Å²) in [5.41, 5.74) is 9.58. The molecule has 0 fully saturated rings. The molecule has 0 saturated carbocycles. The molecule has 11 heteroatoms. The van der Waals surface area contributed by atoms with Crippen LogP contribution in [0.25, 0.3) is 38.7 Å². The molecule has 5 rings (SSSR count). The molecular formula is C30H21ClN6O3S. The van der Waals surface area contributed by atoms with E-state index in [1.165, 1.54) is 18.0 Å². The van der Waals surface area contributed by atoms with Gasteiger partial charge in [0.2, 0.25) is 17.5 Å². The molecule has 5 aromatic rings. The molecule has 0 saturated heterocycles. The van der Waals surface area contributed by atoms with Crippen molar-refractivity contribution in [2.45, 2.75) is 10.8 Å². The van der Waals surface area contributed by atoms with E-state index in [0.717, 1.165) is 11.1 Å². The number of nitrogens with zero attached hydrogens (tertiary/aromatic N) is 5. The zero-order valence-electron chi connectivity index (χ0n) is 21.4. The number of oxazole rings is 1. The molecule has 41 heavy (non-hydrogen) atoms. The van der Waals surface area contributed by atoms with Crippen LogP contribution in [0.1, 0.15) is 11.3 Å². The molecule has 0 radical (unpaired) electrons. The van der Waals surface area contributed by atoms with Gasteiger partial charge >= 0.3 is 0 Å². The Labute approximate surface area is 245 Å². The van der Waals surface area contributed by atoms with Gasteiger partial charge in [-0.15, -0.1) is 0 Å². The Morgan fingerprint density at radius 2 is 1.80 bits per heavy atom. The zero-order chi connectivity index (χ0) is 28.8. The highest BCUT2D eigenvalue weighted by Gasteiger charge is 2.23. The first-order valence-corrected chi connectivity index (χ1v) is 13.6. The number of nitrogen functional groups attached to an aromatic ring is 1. The van der Waals surface area contributed by atoms with Crippen LogP contribution < -0.4 is 10.5 Å². The third-order valence-corrected chi connectivity index (χ3v) is 7.16. The van der Waals surface area contributed by atoms with Crippen LogP contribution in [0.3, 0.4) is 0 Å². The maximum atomic E-state index is 10.2. The van der Waals surface area contributed by atoms with Gasteiger partial charge < -0.3 is 20.0 Å². The van der Waals surface area contributed by atoms with Gasteiger partial charge in [-0.3, -0.25) is 0 Å². The molecule has 0 aliphatic rings. The summed E-state index contributed by atoms with van der Waals surface area (Å²) in [4.78, 5) is 17.0. The van der Waals surface area contributed by atoms with E-state index in [2.05, 4.69) is 20.9 Å². The average molecular weight is 581 g/mol. The number of hydrogen-bond donors (Lipinski definition) is 2. The number of aliphatic hydroxyl groups excluding tert-OH is 1. The summed E-state index contributed by atoms with van der Waals surface area (Å²) < 4.78 is 11.5. The Bertz CT molecular complexity index is 1760. The first-order valence-electron chi connectivity index (χ1n) is 12.3. The van der Waals surface area contributed by atoms with Crippen LogP contribution in [0.5, 0.6) is 5.88 Å². The molecule has 3 aromatic heterocycles. The Morgan fingerprint density at radius 3 is 2.46 bits per heavy atom. The largest absolute Gasteiger partial charge is 0.475 e. The number of nitrogens with two attached hydrogens (primary N) is 1. The molecule has 2 aromatic carbocycles. The van der Waals surface area contributed by atoms with Gasteiger partial charge in [-0.2, -0.15) is 5.26 Å². The molecule has 202 valence electrons. The van der Waals surface area contributed by atoms with Crippen LogP contribution in [-0.2, 0) is 5.75 Å². The zero-order valence-corrected chi connectivity index (χ0v) is 23.0. The van der Waals surface area contributed by atoms with Gasteiger partial charge in [-0.1, -0.05) is 53.7 Å². The molecule has 0 spiro atoms. The molecule has 9 nitrogen and oxygen atoms in total. The third kappa shape index (κ3) is 6.01. The molecule has 3 N–H and O–H groups in total. The lowest BCUT2D eigenvalue weighted by atomic mass is 10.0. The Balaban J connectivity index is 1.53. The summed E-state index contributed by atoms with van der Waals surface area (Å²) in [6, 6.07) is 22.3. The van der Waals surface area contributed by atoms with E-state index < -0.39 is 0 Å². The van der Waals surface area contributed by atoms with E-state index in [4.69, 9.17) is 43.2 Å². The van der Waals surface area contributed by atoms with Gasteiger partial charge in [0.25, 0.3) is 0 Å². The van der Waals surface area contributed by atoms with Crippen LogP contribution in [0.2, 0.25) is 5.02 Å². The number of pyridine rings is 2. The normalized spacial score (nSPS) is 10.6. The van der Waals surface area contributed by atoms with Gasteiger partial charge in [0.15, 0.2) is 5.76 Å². The van der Waals surface area contributed by atoms with E-state index in [-0.39, 0.29) is 30.3 Å². The van der Waals surface area contributed by atoms with Crippen molar-refractivity contribution < 1.29 is 14.3 Å². The molecular weight excluding hydrogens is 560 g/mol. The van der Waals surface area contributed by atoms with Gasteiger partial charge in [0, 0.05) is 39.7 Å². The Morgan fingerprint density at radius 1 is 1.05 bits per heavy atom. The van der Waals surface area contributed by atoms with Crippen LogP contribution in [0.15, 0.2) is 82.4 Å². The van der Waals surface area contributed by atoms with Crippen molar-refractivity contribution in [3.63, 3.8) is 0 Å². The van der Waals surface area contributed by atoms with E-state index in [1.807, 2.05) is 42.5 Å². The highest BCUT2D eigenvalue weighted by molar-refractivity contribution is 7.98. The van der Waals surface area contributed by atoms with Crippen molar-refractivity contribution in [3.8, 4) is 45.9 Å². The first kappa shape index (κ1) is 27.7. The van der Waals surface area contributed by atoms with Crippen molar-refractivity contribution in [1.82, 2.24) is 15.0 Å². The Hall–Kier alpha value is -4.87. The summed E-state index contributed by atoms with van der Waals surface area (Å²) in [5, 5.41) is 20.1. The highest BCUT2D eigenvalue weighted by Crippen LogP contribution is 2.42. The molecule has 0 aliphatic carbocycles. The molecule has 0 atom stereocenters. The van der Waals surface area contributed by atoms with E-state index in [0.29, 0.717) is 50.2 Å². The second-order valence-electron chi connectivity index (χ2n) is 8.54. The molecule has 0 unspecified atom stereocenters. The number of thioether (sulfide) groups is 1. The lowest BCUT2D eigenvalue weighted by Gasteiger charge is -2.13. The monoisotopic (exact) mass is 580 g/mol. The van der Waals surface area contributed by atoms with E-state index in [1.54, 1.807) is 24.3 Å². The minimum absolute atomic E-state index is 0.00222. The second kappa shape index (κ2) is 12.5. The maximum absolute atomic E-state index is 10.2. The maximum Gasteiger partial charge on any atom is 0.237 e. The summed E-state index contributed by atoms with van der Waals surface area (Å²) in [7, 11) is 0. The standard InChI is InChI=1S/C30H21ClN6O3S/c1-34-26-25(20-9-12-24(35-16-20)39-14-13-38)22(15-32)30(37-28(26)33)41-17-23-27(18-5-3-2-4-6-18)40-29(36-23)19-7-10-21(31)11-8-19/h2-12,16,38H,13-14,17H2,(H2,33,37). The van der Waals surface area contributed by atoms with Gasteiger partial charge in [-0.25, -0.2) is 19.8 Å². The van der Waals surface area contributed by atoms with Crippen LogP contribution in [-0.4, -0.2) is 33.3 Å². The summed E-state index contributed by atoms with van der Waals surface area (Å²) >= 11 is 7.33. The Kier molecular flexibility index (Phi) is 8.47. The number of ether oxygens (including phenoxy) is 1. The highest BCUT2D eigenvalue weighted by atomic mass is 35.5. The molecule has 3 heterocycles. The van der Waals surface area contributed by atoms with Crippen LogP contribution in [0.4, 0.5) is 11.5 Å². The minimum Gasteiger partial charge on any atom is -0.475 e. The topological polar surface area (TPSA) is 135 Å². The van der Waals surface area contributed by atoms with Crippen molar-refractivity contribution >= 4 is 34.9 Å². The quantitative estimate of drug-likeness (QED) is 0.143. The van der Waals surface area contributed by atoms with Gasteiger partial charge in [-0.05, 0) is 35.9 Å². The van der Waals surface area contributed by atoms with Gasteiger partial charge in [0.05, 0.1) is 24.4 Å². The van der Waals surface area contributed by atoms with Crippen molar-refractivity contribution in [2.24, 2.45) is 0 Å².